The minimum absolute atomic E-state index is 1.23. The molecule has 0 spiro atoms. The van der Waals surface area contributed by atoms with Crippen LogP contribution >= 0.6 is 7.82 Å². The summed E-state index contributed by atoms with van der Waals surface area (Å²) in [4.78, 5) is 20.6. The lowest BCUT2D eigenvalue weighted by Gasteiger charge is -2.50. The summed E-state index contributed by atoms with van der Waals surface area (Å²) in [7, 11) is -8.46. The number of hydrogen-bond donors (Lipinski definition) is 0. The molecule has 0 saturated carbocycles. The third-order valence-electron chi connectivity index (χ3n) is 5.55. The SMILES string of the molecule is O=P([O-])([O-])OC(F)(F)C(F)(C(F)(F)C(F)(F)C(F)(F)C(F)CCCC(F)(F)F)C(F)(F)C(F)(F)C(F)(F)C(F)(F)C(F)(F)C(F)(F)F. The Morgan fingerprint density at radius 2 is 0.830 bits per heavy atom. The highest BCUT2D eigenvalue weighted by Gasteiger charge is 3.01. The second-order valence-electron chi connectivity index (χ2n) is 8.83. The Balaban J connectivity index is 7.94. The highest BCUT2D eigenvalue weighted by Crippen LogP contribution is 2.69. The van der Waals surface area contributed by atoms with Crippen LogP contribution in [-0.2, 0) is 9.09 Å². The summed E-state index contributed by atoms with van der Waals surface area (Å²) in [6.45, 7) is 0. The minimum Gasteiger partial charge on any atom is -0.790 e. The molecule has 4 nitrogen and oxygen atoms in total. The van der Waals surface area contributed by atoms with Gasteiger partial charge in [0.25, 0.3) is 0 Å². The smallest absolute Gasteiger partial charge is 0.460 e. The summed E-state index contributed by atoms with van der Waals surface area (Å²) in [5.41, 5.74) is -9.99. The zero-order chi connectivity index (χ0) is 38.9. The van der Waals surface area contributed by atoms with Crippen LogP contribution in [-0.4, -0.2) is 77.7 Å². The highest BCUT2D eigenvalue weighted by atomic mass is 31.2. The minimum atomic E-state index is -10.1. The van der Waals surface area contributed by atoms with E-state index in [1.165, 1.54) is 4.52 Å². The highest BCUT2D eigenvalue weighted by molar-refractivity contribution is 7.43. The average Bonchev–Trinajstić information content (AvgIpc) is 2.79. The molecule has 2 atom stereocenters. The maximum absolute atomic E-state index is 15.0. The van der Waals surface area contributed by atoms with Gasteiger partial charge in [-0.2, -0.15) is 105 Å². The van der Waals surface area contributed by atoms with Crippen LogP contribution in [0.4, 0.5) is 114 Å². The number of hydrogen-bond acceptors (Lipinski definition) is 4. The first kappa shape index (κ1) is 45.3. The van der Waals surface area contributed by atoms with Crippen LogP contribution in [0.15, 0.2) is 0 Å². The van der Waals surface area contributed by atoms with Crippen molar-refractivity contribution in [1.29, 1.82) is 0 Å². The van der Waals surface area contributed by atoms with Gasteiger partial charge in [0.1, 0.15) is 0 Å². The van der Waals surface area contributed by atoms with Gasteiger partial charge < -0.3 is 14.4 Å². The van der Waals surface area contributed by atoms with Crippen LogP contribution in [0.1, 0.15) is 19.3 Å². The fourth-order valence-corrected chi connectivity index (χ4v) is 3.44. The number of phosphoric ester groups is 1. The van der Waals surface area contributed by atoms with Crippen LogP contribution in [0, 0.1) is 0 Å². The van der Waals surface area contributed by atoms with Crippen LogP contribution in [0.3, 0.4) is 0 Å². The lowest BCUT2D eigenvalue weighted by atomic mass is 9.77. The Labute approximate surface area is 239 Å². The standard InChI is InChI=1S/C16H9F26O4P/c17-4(2-1-3-5(18,19)20)6(21,22)8(24,25)9(26,27)7(23,16(41,42)46-47(43,44)45)10(28,29)11(30,31)12(32,33)13(34,35)14(36,37)15(38,39)40/h4H,1-3H2,(H2,43,44,45)/p-2. The molecule has 0 amide bonds. The molecule has 0 saturated heterocycles. The Kier molecular flexibility index (Phi) is 11.5. The van der Waals surface area contributed by atoms with Crippen LogP contribution in [0.5, 0.6) is 0 Å². The molecule has 0 rings (SSSR count). The second-order valence-corrected chi connectivity index (χ2v) is 9.91. The molecule has 0 fully saturated rings. The van der Waals surface area contributed by atoms with Gasteiger partial charge in [-0.15, -0.1) is 0 Å². The Morgan fingerprint density at radius 3 is 1.15 bits per heavy atom. The fraction of sp³-hybridized carbons (Fsp3) is 1.00. The number of halogens is 26. The molecule has 0 aromatic carbocycles. The van der Waals surface area contributed by atoms with Crippen LogP contribution in [0.25, 0.3) is 0 Å². The van der Waals surface area contributed by atoms with Crippen molar-refractivity contribution < 1.29 is 133 Å². The molecule has 0 aliphatic heterocycles. The Hall–Kier alpha value is -1.71. The second kappa shape index (κ2) is 12.0. The van der Waals surface area contributed by atoms with E-state index in [9.17, 15) is 129 Å². The molecular weight excluding hydrogens is 781 g/mol. The number of rotatable bonds is 15. The van der Waals surface area contributed by atoms with Crippen LogP contribution in [0.2, 0.25) is 0 Å². The quantitative estimate of drug-likeness (QED) is 0.125. The van der Waals surface area contributed by atoms with Crippen molar-refractivity contribution in [3.05, 3.63) is 0 Å². The summed E-state index contributed by atoms with van der Waals surface area (Å²) in [5, 5.41) is 0. The van der Waals surface area contributed by atoms with Crippen molar-refractivity contribution in [3.63, 3.8) is 0 Å². The lowest BCUT2D eigenvalue weighted by Crippen LogP contribution is -2.82. The largest absolute Gasteiger partial charge is 0.790 e. The first-order valence-electron chi connectivity index (χ1n) is 10.4. The van der Waals surface area contributed by atoms with Gasteiger partial charge in [-0.3, -0.25) is 4.52 Å². The van der Waals surface area contributed by atoms with E-state index in [2.05, 4.69) is 0 Å². The van der Waals surface area contributed by atoms with E-state index in [0.717, 1.165) is 0 Å². The van der Waals surface area contributed by atoms with Gasteiger partial charge >= 0.3 is 71.5 Å². The molecule has 31 heteroatoms. The summed E-state index contributed by atoms with van der Waals surface area (Å²) < 4.78 is 363. The first-order chi connectivity index (χ1) is 19.8. The third-order valence-corrected chi connectivity index (χ3v) is 6.00. The summed E-state index contributed by atoms with van der Waals surface area (Å²) in [6, 6.07) is 0. The molecule has 0 aliphatic carbocycles. The van der Waals surface area contributed by atoms with Crippen LogP contribution < -0.4 is 9.79 Å². The topological polar surface area (TPSA) is 72.4 Å². The van der Waals surface area contributed by atoms with Crippen molar-refractivity contribution in [2.75, 3.05) is 0 Å². The molecule has 0 bridgehead atoms. The maximum atomic E-state index is 15.0. The van der Waals surface area contributed by atoms with Crippen molar-refractivity contribution in [2.45, 2.75) is 96.9 Å². The van der Waals surface area contributed by atoms with Gasteiger partial charge in [0.2, 0.25) is 0 Å². The molecular formula is C16H7F26O4P-2. The third kappa shape index (κ3) is 6.88. The molecule has 0 heterocycles. The van der Waals surface area contributed by atoms with Gasteiger partial charge in [-0.1, -0.05) is 0 Å². The molecule has 284 valence electrons. The van der Waals surface area contributed by atoms with Gasteiger partial charge in [0.15, 0.2) is 6.17 Å². The Bertz CT molecular complexity index is 1150. The fourth-order valence-electron chi connectivity index (χ4n) is 3.04. The van der Waals surface area contributed by atoms with Gasteiger partial charge in [0.05, 0.1) is 7.82 Å². The zero-order valence-electron chi connectivity index (χ0n) is 20.6. The van der Waals surface area contributed by atoms with Crippen molar-refractivity contribution >= 4 is 7.82 Å². The lowest BCUT2D eigenvalue weighted by molar-refractivity contribution is -0.494. The number of phosphoric acid groups is 1. The van der Waals surface area contributed by atoms with E-state index >= 15 is 0 Å². The van der Waals surface area contributed by atoms with Crippen molar-refractivity contribution in [3.8, 4) is 0 Å². The summed E-state index contributed by atoms with van der Waals surface area (Å²) in [5.74, 6) is -74.6. The van der Waals surface area contributed by atoms with E-state index in [1.54, 1.807) is 0 Å². The predicted molar refractivity (Wildman–Crippen MR) is 87.9 cm³/mol. The van der Waals surface area contributed by atoms with E-state index in [4.69, 9.17) is 0 Å². The molecule has 0 aromatic heterocycles. The molecule has 0 N–H and O–H groups in total. The van der Waals surface area contributed by atoms with Gasteiger partial charge in [0, 0.05) is 6.42 Å². The summed E-state index contributed by atoms with van der Waals surface area (Å²) >= 11 is 0. The first-order valence-corrected chi connectivity index (χ1v) is 11.9. The average molecular weight is 788 g/mol. The van der Waals surface area contributed by atoms with E-state index in [0.29, 0.717) is 0 Å². The van der Waals surface area contributed by atoms with E-state index < -0.39 is 105 Å². The summed E-state index contributed by atoms with van der Waals surface area (Å²) in [6.07, 6.45) is -36.1. The maximum Gasteiger partial charge on any atom is 0.460 e. The molecule has 47 heavy (non-hydrogen) atoms. The van der Waals surface area contributed by atoms with E-state index in [1.807, 2.05) is 0 Å². The van der Waals surface area contributed by atoms with Crippen molar-refractivity contribution in [1.82, 2.24) is 0 Å². The van der Waals surface area contributed by atoms with Crippen molar-refractivity contribution in [2.24, 2.45) is 0 Å². The van der Waals surface area contributed by atoms with Gasteiger partial charge in [-0.25, -0.2) is 8.78 Å². The molecule has 2 unspecified atom stereocenters. The molecule has 0 aliphatic rings. The van der Waals surface area contributed by atoms with Gasteiger partial charge in [-0.05, 0) is 12.8 Å². The van der Waals surface area contributed by atoms with E-state index in [-0.39, 0.29) is 0 Å². The molecule has 0 aromatic rings. The molecule has 0 radical (unpaired) electrons. The predicted octanol–water partition coefficient (Wildman–Crippen LogP) is 7.85. The number of alkyl halides is 26. The normalized spacial score (nSPS) is 18.3. The zero-order valence-corrected chi connectivity index (χ0v) is 21.5. The monoisotopic (exact) mass is 788 g/mol. The Morgan fingerprint density at radius 1 is 0.511 bits per heavy atom.